The van der Waals surface area contributed by atoms with Crippen molar-refractivity contribution < 1.29 is 9.53 Å². The van der Waals surface area contributed by atoms with Crippen molar-refractivity contribution >= 4 is 11.7 Å². The fourth-order valence-corrected chi connectivity index (χ4v) is 3.23. The molecule has 0 radical (unpaired) electrons. The lowest BCUT2D eigenvalue weighted by atomic mass is 9.77. The molecular weight excluding hydrogens is 250 g/mol. The number of nitrogens with one attached hydrogen (secondary N) is 1. The fourth-order valence-electron chi connectivity index (χ4n) is 3.23. The van der Waals surface area contributed by atoms with Gasteiger partial charge in [0.05, 0.1) is 12.7 Å². The van der Waals surface area contributed by atoms with E-state index in [4.69, 9.17) is 4.74 Å². The zero-order valence-electron chi connectivity index (χ0n) is 12.7. The highest BCUT2D eigenvalue weighted by Crippen LogP contribution is 2.33. The number of para-hydroxylation sites is 1. The number of rotatable bonds is 4. The van der Waals surface area contributed by atoms with E-state index in [1.54, 1.807) is 0 Å². The predicted octanol–water partition coefficient (Wildman–Crippen LogP) is 4.10. The number of carbonyl (C=O) groups excluding carboxylic acids is 1. The van der Waals surface area contributed by atoms with Crippen molar-refractivity contribution in [2.75, 3.05) is 12.4 Å². The van der Waals surface area contributed by atoms with E-state index in [2.05, 4.69) is 19.2 Å². The highest BCUT2D eigenvalue weighted by Gasteiger charge is 2.28. The van der Waals surface area contributed by atoms with Gasteiger partial charge in [-0.15, -0.1) is 0 Å². The number of methoxy groups -OCH3 is 1. The van der Waals surface area contributed by atoms with Crippen LogP contribution >= 0.6 is 0 Å². The van der Waals surface area contributed by atoms with Gasteiger partial charge >= 0.3 is 5.97 Å². The van der Waals surface area contributed by atoms with Crippen molar-refractivity contribution in [1.82, 2.24) is 0 Å². The van der Waals surface area contributed by atoms with Gasteiger partial charge in [-0.2, -0.15) is 0 Å². The van der Waals surface area contributed by atoms with E-state index in [0.29, 0.717) is 23.4 Å². The molecule has 2 atom stereocenters. The molecule has 1 N–H and O–H groups in total. The Hall–Kier alpha value is -1.51. The second kappa shape index (κ2) is 6.78. The lowest BCUT2D eigenvalue weighted by Crippen LogP contribution is -2.35. The topological polar surface area (TPSA) is 38.3 Å². The number of carbonyl (C=O) groups is 1. The van der Waals surface area contributed by atoms with Crippen molar-refractivity contribution in [3.8, 4) is 0 Å². The Labute approximate surface area is 121 Å². The molecule has 0 bridgehead atoms. The standard InChI is InChI=1S/C17H25NO2/c1-12(2)13-8-4-6-10-15(13)18-16-11-7-5-9-14(16)17(19)20-3/h5,7,9,11-13,15,18H,4,6,8,10H2,1-3H3. The summed E-state index contributed by atoms with van der Waals surface area (Å²) in [6.07, 6.45) is 5.04. The van der Waals surface area contributed by atoms with Crippen molar-refractivity contribution in [3.63, 3.8) is 0 Å². The number of ether oxygens (including phenoxy) is 1. The summed E-state index contributed by atoms with van der Waals surface area (Å²) < 4.78 is 4.86. The first-order chi connectivity index (χ1) is 9.63. The van der Waals surface area contributed by atoms with Gasteiger partial charge < -0.3 is 10.1 Å². The van der Waals surface area contributed by atoms with Crippen molar-refractivity contribution in [2.24, 2.45) is 11.8 Å². The smallest absolute Gasteiger partial charge is 0.339 e. The normalized spacial score (nSPS) is 22.6. The number of esters is 1. The molecule has 1 aliphatic carbocycles. The van der Waals surface area contributed by atoms with Gasteiger partial charge in [0.25, 0.3) is 0 Å². The Morgan fingerprint density at radius 1 is 1.25 bits per heavy atom. The second-order valence-electron chi connectivity index (χ2n) is 5.98. The lowest BCUT2D eigenvalue weighted by Gasteiger charge is -2.35. The fraction of sp³-hybridized carbons (Fsp3) is 0.588. The van der Waals surface area contributed by atoms with E-state index in [-0.39, 0.29) is 5.97 Å². The summed E-state index contributed by atoms with van der Waals surface area (Å²) in [5.74, 6) is 1.07. The van der Waals surface area contributed by atoms with Crippen LogP contribution < -0.4 is 5.32 Å². The zero-order chi connectivity index (χ0) is 14.5. The molecule has 3 nitrogen and oxygen atoms in total. The van der Waals surface area contributed by atoms with Gasteiger partial charge in [0, 0.05) is 11.7 Å². The van der Waals surface area contributed by atoms with Gasteiger partial charge in [-0.3, -0.25) is 0 Å². The van der Waals surface area contributed by atoms with Crippen LogP contribution in [0.4, 0.5) is 5.69 Å². The number of hydrogen-bond donors (Lipinski definition) is 1. The first kappa shape index (κ1) is 14.9. The largest absolute Gasteiger partial charge is 0.465 e. The first-order valence-electron chi connectivity index (χ1n) is 7.57. The van der Waals surface area contributed by atoms with E-state index < -0.39 is 0 Å². The third-order valence-corrected chi connectivity index (χ3v) is 4.35. The zero-order valence-corrected chi connectivity index (χ0v) is 12.7. The molecule has 110 valence electrons. The maximum absolute atomic E-state index is 11.8. The van der Waals surface area contributed by atoms with E-state index in [0.717, 1.165) is 5.69 Å². The average Bonchev–Trinajstić information content (AvgIpc) is 2.47. The molecule has 0 spiro atoms. The monoisotopic (exact) mass is 275 g/mol. The summed E-state index contributed by atoms with van der Waals surface area (Å²) in [4.78, 5) is 11.8. The highest BCUT2D eigenvalue weighted by molar-refractivity contribution is 5.95. The van der Waals surface area contributed by atoms with Crippen LogP contribution in [0.5, 0.6) is 0 Å². The number of hydrogen-bond acceptors (Lipinski definition) is 3. The highest BCUT2D eigenvalue weighted by atomic mass is 16.5. The van der Waals surface area contributed by atoms with Gasteiger partial charge in [0.2, 0.25) is 0 Å². The molecule has 2 rings (SSSR count). The minimum absolute atomic E-state index is 0.273. The van der Waals surface area contributed by atoms with Crippen LogP contribution in [0, 0.1) is 11.8 Å². The van der Waals surface area contributed by atoms with Crippen molar-refractivity contribution in [1.29, 1.82) is 0 Å². The average molecular weight is 275 g/mol. The molecular formula is C17H25NO2. The molecule has 1 aromatic rings. The third kappa shape index (κ3) is 3.33. The second-order valence-corrected chi connectivity index (χ2v) is 5.98. The number of benzene rings is 1. The van der Waals surface area contributed by atoms with Gasteiger partial charge in [-0.25, -0.2) is 4.79 Å². The number of anilines is 1. The maximum atomic E-state index is 11.8. The first-order valence-corrected chi connectivity index (χ1v) is 7.57. The molecule has 0 heterocycles. The Balaban J connectivity index is 2.18. The molecule has 0 amide bonds. The van der Waals surface area contributed by atoms with Crippen LogP contribution in [0.15, 0.2) is 24.3 Å². The molecule has 0 saturated heterocycles. The molecule has 3 heteroatoms. The van der Waals surface area contributed by atoms with Gasteiger partial charge in [0.1, 0.15) is 0 Å². The van der Waals surface area contributed by atoms with E-state index in [1.165, 1.54) is 32.8 Å². The van der Waals surface area contributed by atoms with Crippen LogP contribution in [0.25, 0.3) is 0 Å². The predicted molar refractivity (Wildman–Crippen MR) is 82.0 cm³/mol. The van der Waals surface area contributed by atoms with Crippen molar-refractivity contribution in [3.05, 3.63) is 29.8 Å². The van der Waals surface area contributed by atoms with Crippen LogP contribution in [-0.2, 0) is 4.74 Å². The Morgan fingerprint density at radius 2 is 1.95 bits per heavy atom. The summed E-state index contributed by atoms with van der Waals surface area (Å²) in [5.41, 5.74) is 1.53. The molecule has 1 saturated carbocycles. The Kier molecular flexibility index (Phi) is 5.05. The summed E-state index contributed by atoms with van der Waals surface area (Å²) in [6, 6.07) is 8.08. The lowest BCUT2D eigenvalue weighted by molar-refractivity contribution is 0.0601. The molecule has 1 aromatic carbocycles. The van der Waals surface area contributed by atoms with Gasteiger partial charge in [0.15, 0.2) is 0 Å². The summed E-state index contributed by atoms with van der Waals surface area (Å²) >= 11 is 0. The summed E-state index contributed by atoms with van der Waals surface area (Å²) in [6.45, 7) is 4.58. The SMILES string of the molecule is COC(=O)c1ccccc1NC1CCCCC1C(C)C. The van der Waals surface area contributed by atoms with Crippen LogP contribution in [0.1, 0.15) is 49.9 Å². The molecule has 20 heavy (non-hydrogen) atoms. The molecule has 1 fully saturated rings. The minimum Gasteiger partial charge on any atom is -0.465 e. The molecule has 0 aliphatic heterocycles. The van der Waals surface area contributed by atoms with Gasteiger partial charge in [-0.1, -0.05) is 38.8 Å². The Morgan fingerprint density at radius 3 is 2.65 bits per heavy atom. The quantitative estimate of drug-likeness (QED) is 0.841. The summed E-state index contributed by atoms with van der Waals surface area (Å²) in [7, 11) is 1.43. The van der Waals surface area contributed by atoms with E-state index in [9.17, 15) is 4.79 Å². The molecule has 0 aromatic heterocycles. The van der Waals surface area contributed by atoms with E-state index >= 15 is 0 Å². The summed E-state index contributed by atoms with van der Waals surface area (Å²) in [5, 5.41) is 3.60. The van der Waals surface area contributed by atoms with Gasteiger partial charge in [-0.05, 0) is 36.8 Å². The molecule has 1 aliphatic rings. The Bertz CT molecular complexity index is 456. The van der Waals surface area contributed by atoms with E-state index in [1.807, 2.05) is 24.3 Å². The van der Waals surface area contributed by atoms with Crippen LogP contribution in [-0.4, -0.2) is 19.1 Å². The third-order valence-electron chi connectivity index (χ3n) is 4.35. The van der Waals surface area contributed by atoms with Crippen LogP contribution in [0.2, 0.25) is 0 Å². The van der Waals surface area contributed by atoms with Crippen molar-refractivity contribution in [2.45, 2.75) is 45.6 Å². The maximum Gasteiger partial charge on any atom is 0.339 e. The molecule has 2 unspecified atom stereocenters. The minimum atomic E-state index is -0.273. The van der Waals surface area contributed by atoms with Crippen LogP contribution in [0.3, 0.4) is 0 Å².